The molecule has 3 aromatic rings. The third-order valence-corrected chi connectivity index (χ3v) is 6.05. The maximum atomic E-state index is 13.0. The third kappa shape index (κ3) is 6.74. The summed E-state index contributed by atoms with van der Waals surface area (Å²) in [6, 6.07) is 1.01. The number of fused-ring (bicyclic) bond motifs is 1. The Morgan fingerprint density at radius 3 is 2.82 bits per heavy atom. The van der Waals surface area contributed by atoms with Crippen molar-refractivity contribution in [3.05, 3.63) is 54.5 Å². The maximum absolute atomic E-state index is 13.0. The molecule has 38 heavy (non-hydrogen) atoms. The second-order valence-corrected chi connectivity index (χ2v) is 8.83. The second kappa shape index (κ2) is 13.7. The van der Waals surface area contributed by atoms with E-state index >= 15 is 0 Å². The van der Waals surface area contributed by atoms with Gasteiger partial charge in [-0.2, -0.15) is 5.10 Å². The van der Waals surface area contributed by atoms with E-state index < -0.39 is 12.1 Å². The van der Waals surface area contributed by atoms with Crippen molar-refractivity contribution in [2.45, 2.75) is 33.2 Å². The summed E-state index contributed by atoms with van der Waals surface area (Å²) < 4.78 is 8.63. The van der Waals surface area contributed by atoms with Crippen molar-refractivity contribution in [3.8, 4) is 11.3 Å². The SMILES string of the molecule is C=C/C=C(\C=C/CC)n1nc(-c2cnc3c(c2)nc(C)n3C)c(C)c1NC(=O)N[C@@H](CO)CNCCOC. The van der Waals surface area contributed by atoms with Gasteiger partial charge in [0.15, 0.2) is 5.65 Å². The summed E-state index contributed by atoms with van der Waals surface area (Å²) >= 11 is 0. The molecule has 0 radical (unpaired) electrons. The van der Waals surface area contributed by atoms with Crippen molar-refractivity contribution >= 4 is 28.7 Å². The number of aryl methyl sites for hydroxylation is 2. The van der Waals surface area contributed by atoms with Gasteiger partial charge in [0.05, 0.1) is 30.6 Å². The monoisotopic (exact) mass is 522 g/mol. The highest BCUT2D eigenvalue weighted by Gasteiger charge is 2.21. The fourth-order valence-electron chi connectivity index (χ4n) is 3.92. The Morgan fingerprint density at radius 2 is 2.13 bits per heavy atom. The van der Waals surface area contributed by atoms with E-state index in [0.717, 1.165) is 40.2 Å². The molecule has 0 bridgehead atoms. The summed E-state index contributed by atoms with van der Waals surface area (Å²) in [5.41, 5.74) is 4.49. The average molecular weight is 523 g/mol. The molecule has 11 nitrogen and oxygen atoms in total. The van der Waals surface area contributed by atoms with Gasteiger partial charge in [0.2, 0.25) is 0 Å². The number of pyridine rings is 1. The maximum Gasteiger partial charge on any atom is 0.320 e. The molecule has 0 aliphatic carbocycles. The molecule has 3 aromatic heterocycles. The molecular formula is C27H38N8O3. The molecule has 1 atom stereocenters. The van der Waals surface area contributed by atoms with E-state index in [1.54, 1.807) is 24.1 Å². The first-order valence-electron chi connectivity index (χ1n) is 12.6. The molecule has 0 aromatic carbocycles. The van der Waals surface area contributed by atoms with Crippen LogP contribution in [-0.4, -0.2) is 74.9 Å². The van der Waals surface area contributed by atoms with Gasteiger partial charge in [-0.05, 0) is 38.5 Å². The van der Waals surface area contributed by atoms with Crippen LogP contribution in [0.3, 0.4) is 0 Å². The van der Waals surface area contributed by atoms with Crippen LogP contribution >= 0.6 is 0 Å². The fourth-order valence-corrected chi connectivity index (χ4v) is 3.92. The van der Waals surface area contributed by atoms with E-state index in [1.165, 1.54) is 0 Å². The highest BCUT2D eigenvalue weighted by molar-refractivity contribution is 5.92. The number of nitrogens with one attached hydrogen (secondary N) is 3. The lowest BCUT2D eigenvalue weighted by atomic mass is 10.1. The Kier molecular flexibility index (Phi) is 10.3. The number of aliphatic hydroxyl groups excluding tert-OH is 1. The normalized spacial score (nSPS) is 12.8. The van der Waals surface area contributed by atoms with E-state index in [-0.39, 0.29) is 6.61 Å². The number of nitrogens with zero attached hydrogens (tertiary/aromatic N) is 5. The van der Waals surface area contributed by atoms with Crippen molar-refractivity contribution in [2.75, 3.05) is 38.7 Å². The Bertz CT molecular complexity index is 1320. The highest BCUT2D eigenvalue weighted by atomic mass is 16.5. The van der Waals surface area contributed by atoms with Gasteiger partial charge in [-0.3, -0.25) is 5.32 Å². The van der Waals surface area contributed by atoms with E-state index in [4.69, 9.17) is 9.84 Å². The smallest absolute Gasteiger partial charge is 0.320 e. The number of imidazole rings is 1. The lowest BCUT2D eigenvalue weighted by Crippen LogP contribution is -2.46. The number of hydrogen-bond acceptors (Lipinski definition) is 7. The molecule has 4 N–H and O–H groups in total. The largest absolute Gasteiger partial charge is 0.394 e. The van der Waals surface area contributed by atoms with E-state index in [2.05, 4.69) is 32.5 Å². The molecule has 0 saturated heterocycles. The first kappa shape index (κ1) is 28.8. The third-order valence-electron chi connectivity index (χ3n) is 6.05. The summed E-state index contributed by atoms with van der Waals surface area (Å²) in [6.07, 6.45) is 10.0. The number of hydrogen-bond donors (Lipinski definition) is 4. The van der Waals surface area contributed by atoms with Crippen LogP contribution < -0.4 is 16.0 Å². The molecule has 0 fully saturated rings. The summed E-state index contributed by atoms with van der Waals surface area (Å²) in [5, 5.41) is 23.5. The molecule has 0 saturated carbocycles. The highest BCUT2D eigenvalue weighted by Crippen LogP contribution is 2.31. The lowest BCUT2D eigenvalue weighted by Gasteiger charge is -2.18. The number of carbonyl (C=O) groups is 1. The van der Waals surface area contributed by atoms with Crippen molar-refractivity contribution in [1.82, 2.24) is 34.9 Å². The number of aromatic nitrogens is 5. The van der Waals surface area contributed by atoms with Crippen LogP contribution in [0.2, 0.25) is 0 Å². The summed E-state index contributed by atoms with van der Waals surface area (Å²) in [4.78, 5) is 22.2. The van der Waals surface area contributed by atoms with Gasteiger partial charge < -0.3 is 25.0 Å². The van der Waals surface area contributed by atoms with Crippen LogP contribution in [0.15, 0.2) is 43.1 Å². The van der Waals surface area contributed by atoms with E-state index in [0.29, 0.717) is 31.2 Å². The zero-order valence-corrected chi connectivity index (χ0v) is 22.8. The number of methoxy groups -OCH3 is 1. The number of ether oxygens (including phenoxy) is 1. The van der Waals surface area contributed by atoms with Gasteiger partial charge in [0, 0.05) is 44.6 Å². The number of carbonyl (C=O) groups excluding carboxylic acids is 1. The Morgan fingerprint density at radius 1 is 1.34 bits per heavy atom. The number of allylic oxidation sites excluding steroid dienone is 5. The van der Waals surface area contributed by atoms with Crippen LogP contribution in [-0.2, 0) is 11.8 Å². The fraction of sp³-hybridized carbons (Fsp3) is 0.407. The molecule has 3 rings (SSSR count). The van der Waals surface area contributed by atoms with Gasteiger partial charge >= 0.3 is 6.03 Å². The first-order chi connectivity index (χ1) is 18.3. The number of amides is 2. The first-order valence-corrected chi connectivity index (χ1v) is 12.6. The van der Waals surface area contributed by atoms with Crippen molar-refractivity contribution in [1.29, 1.82) is 0 Å². The molecule has 2 amide bonds. The lowest BCUT2D eigenvalue weighted by molar-refractivity contribution is 0.193. The molecule has 204 valence electrons. The molecule has 3 heterocycles. The minimum atomic E-state index is -0.481. The van der Waals surface area contributed by atoms with Crippen LogP contribution in [0.25, 0.3) is 28.1 Å². The number of aliphatic hydroxyl groups is 1. The van der Waals surface area contributed by atoms with Gasteiger partial charge in [-0.15, -0.1) is 0 Å². The summed E-state index contributed by atoms with van der Waals surface area (Å²) in [5.74, 6) is 1.36. The molecule has 0 aliphatic rings. The predicted molar refractivity (Wildman–Crippen MR) is 151 cm³/mol. The minimum absolute atomic E-state index is 0.215. The van der Waals surface area contributed by atoms with Gasteiger partial charge in [-0.25, -0.2) is 19.4 Å². The number of urea groups is 1. The Hall–Kier alpha value is -3.80. The van der Waals surface area contributed by atoms with E-state index in [9.17, 15) is 9.90 Å². The Balaban J connectivity index is 1.99. The predicted octanol–water partition coefficient (Wildman–Crippen LogP) is 3.16. The zero-order valence-electron chi connectivity index (χ0n) is 22.8. The molecule has 0 aliphatic heterocycles. The van der Waals surface area contributed by atoms with E-state index in [1.807, 2.05) is 56.7 Å². The van der Waals surface area contributed by atoms with Gasteiger partial charge in [0.1, 0.15) is 17.2 Å². The molecule has 0 unspecified atom stereocenters. The van der Waals surface area contributed by atoms with Crippen molar-refractivity contribution in [3.63, 3.8) is 0 Å². The van der Waals surface area contributed by atoms with Crippen LogP contribution in [0.1, 0.15) is 24.7 Å². The van der Waals surface area contributed by atoms with Crippen molar-refractivity contribution < 1.29 is 14.6 Å². The summed E-state index contributed by atoms with van der Waals surface area (Å²) in [6.45, 7) is 11.0. The topological polar surface area (TPSA) is 131 Å². The average Bonchev–Trinajstić information content (AvgIpc) is 3.38. The van der Waals surface area contributed by atoms with Gasteiger partial charge in [0.25, 0.3) is 0 Å². The van der Waals surface area contributed by atoms with Crippen LogP contribution in [0.5, 0.6) is 0 Å². The summed E-state index contributed by atoms with van der Waals surface area (Å²) in [7, 11) is 3.55. The molecule has 0 spiro atoms. The Labute approximate surface area is 223 Å². The zero-order chi connectivity index (χ0) is 27.7. The quantitative estimate of drug-likeness (QED) is 0.200. The second-order valence-electron chi connectivity index (χ2n) is 8.83. The minimum Gasteiger partial charge on any atom is -0.394 e. The molecular weight excluding hydrogens is 484 g/mol. The van der Waals surface area contributed by atoms with Gasteiger partial charge in [-0.1, -0.05) is 25.7 Å². The standard InChI is InChI=1S/C27H38N8O3/c1-7-9-11-22(10-8-2)35-25(32-27(37)31-21(17-36)16-28-12-13-38-6)18(3)24(33-35)20-14-23-26(29-15-20)34(5)19(4)30-23/h8-11,14-15,21,28,36H,2,7,12-13,16-17H2,1,3-6H3,(H2,31,32,37)/b11-9-,22-10+/t21-/m1/s1. The van der Waals surface area contributed by atoms with Crippen LogP contribution in [0.4, 0.5) is 10.6 Å². The van der Waals surface area contributed by atoms with Crippen molar-refractivity contribution in [2.24, 2.45) is 7.05 Å². The van der Waals surface area contributed by atoms with Crippen LogP contribution in [0, 0.1) is 13.8 Å². The molecule has 11 heteroatoms. The number of anilines is 1. The number of rotatable bonds is 13.